The topological polar surface area (TPSA) is 37.8 Å². The molecule has 2 rings (SSSR count). The lowest BCUT2D eigenvalue weighted by Gasteiger charge is -2.07. The minimum Gasteiger partial charge on any atom is -0.334 e. The molecule has 1 N–H and O–H groups in total. The van der Waals surface area contributed by atoms with Crippen molar-refractivity contribution in [3.05, 3.63) is 47.1 Å². The van der Waals surface area contributed by atoms with E-state index in [-0.39, 0.29) is 11.0 Å². The number of rotatable bonds is 2. The minimum atomic E-state index is -1.07. The van der Waals surface area contributed by atoms with Crippen molar-refractivity contribution in [3.63, 3.8) is 0 Å². The Kier molecular flexibility index (Phi) is 3.14. The van der Waals surface area contributed by atoms with E-state index < -0.39 is 23.1 Å². The second-order valence-corrected chi connectivity index (χ2v) is 3.48. The summed E-state index contributed by atoms with van der Waals surface area (Å²) >= 11 is 5.55. The van der Waals surface area contributed by atoms with Crippen LogP contribution in [0.25, 0.3) is 0 Å². The summed E-state index contributed by atoms with van der Waals surface area (Å²) in [5, 5.41) is 2.40. The first-order valence-corrected chi connectivity index (χ1v) is 4.83. The molecule has 0 aliphatic rings. The highest BCUT2D eigenvalue weighted by Crippen LogP contribution is 2.23. The van der Waals surface area contributed by atoms with E-state index in [0.29, 0.717) is 12.1 Å². The number of benzene rings is 1. The molecule has 7 heteroatoms. The first-order valence-electron chi connectivity index (χ1n) is 4.45. The highest BCUT2D eigenvalue weighted by Gasteiger charge is 2.12. The summed E-state index contributed by atoms with van der Waals surface area (Å²) in [7, 11) is 0. The maximum absolute atomic E-state index is 13.3. The molecule has 0 unspecified atom stereocenters. The summed E-state index contributed by atoms with van der Waals surface area (Å²) < 4.78 is 39.2. The minimum absolute atomic E-state index is 0.0573. The summed E-state index contributed by atoms with van der Waals surface area (Å²) in [5.41, 5.74) is -0.511. The summed E-state index contributed by atoms with van der Waals surface area (Å²) in [6, 6.07) is 1.12. The van der Waals surface area contributed by atoms with Crippen LogP contribution < -0.4 is 5.32 Å². The Bertz CT molecular complexity index is 539. The fourth-order valence-corrected chi connectivity index (χ4v) is 1.34. The molecule has 0 saturated carbocycles. The molecule has 3 nitrogen and oxygen atoms in total. The Morgan fingerprint density at radius 1 is 1.06 bits per heavy atom. The van der Waals surface area contributed by atoms with E-state index in [4.69, 9.17) is 11.6 Å². The van der Waals surface area contributed by atoms with E-state index in [9.17, 15) is 13.2 Å². The van der Waals surface area contributed by atoms with Gasteiger partial charge in [-0.05, 0) is 0 Å². The summed E-state index contributed by atoms with van der Waals surface area (Å²) in [4.78, 5) is 7.42. The van der Waals surface area contributed by atoms with Crippen molar-refractivity contribution in [1.82, 2.24) is 9.97 Å². The second-order valence-electron chi connectivity index (χ2n) is 3.10. The van der Waals surface area contributed by atoms with Crippen LogP contribution in [0.2, 0.25) is 5.15 Å². The van der Waals surface area contributed by atoms with Gasteiger partial charge in [-0.3, -0.25) is 4.98 Å². The number of halogens is 4. The van der Waals surface area contributed by atoms with Gasteiger partial charge in [0.05, 0.1) is 12.4 Å². The molecule has 0 bridgehead atoms. The number of anilines is 2. The van der Waals surface area contributed by atoms with Crippen LogP contribution >= 0.6 is 11.6 Å². The van der Waals surface area contributed by atoms with Gasteiger partial charge in [0.15, 0.2) is 17.5 Å². The van der Waals surface area contributed by atoms with Crippen molar-refractivity contribution in [3.8, 4) is 0 Å². The van der Waals surface area contributed by atoms with E-state index in [1.54, 1.807) is 0 Å². The second kappa shape index (κ2) is 4.58. The molecule has 0 atom stereocenters. The number of aromatic nitrogens is 2. The lowest BCUT2D eigenvalue weighted by molar-refractivity contribution is 0.548. The molecule has 0 spiro atoms. The van der Waals surface area contributed by atoms with Gasteiger partial charge in [-0.1, -0.05) is 11.6 Å². The molecular weight excluding hydrogens is 255 g/mol. The van der Waals surface area contributed by atoms with Gasteiger partial charge >= 0.3 is 0 Å². The van der Waals surface area contributed by atoms with Gasteiger partial charge in [-0.2, -0.15) is 0 Å². The van der Waals surface area contributed by atoms with Crippen LogP contribution in [0.1, 0.15) is 0 Å². The summed E-state index contributed by atoms with van der Waals surface area (Å²) in [5.74, 6) is -3.07. The molecule has 0 radical (unpaired) electrons. The van der Waals surface area contributed by atoms with Crippen molar-refractivity contribution in [1.29, 1.82) is 0 Å². The van der Waals surface area contributed by atoms with Crippen LogP contribution in [0.15, 0.2) is 24.5 Å². The molecule has 88 valence electrons. The fraction of sp³-hybridized carbons (Fsp3) is 0. The third-order valence-electron chi connectivity index (χ3n) is 1.87. The van der Waals surface area contributed by atoms with Crippen molar-refractivity contribution in [2.75, 3.05) is 5.32 Å². The molecule has 0 fully saturated rings. The Morgan fingerprint density at radius 3 is 2.29 bits per heavy atom. The van der Waals surface area contributed by atoms with E-state index >= 15 is 0 Å². The number of hydrogen-bond acceptors (Lipinski definition) is 3. The van der Waals surface area contributed by atoms with Crippen molar-refractivity contribution in [2.24, 2.45) is 0 Å². The van der Waals surface area contributed by atoms with Crippen LogP contribution in [0.3, 0.4) is 0 Å². The van der Waals surface area contributed by atoms with Crippen LogP contribution in [-0.2, 0) is 0 Å². The maximum Gasteiger partial charge on any atom is 0.152 e. The molecule has 0 aliphatic carbocycles. The fourth-order valence-electron chi connectivity index (χ4n) is 1.19. The van der Waals surface area contributed by atoms with Crippen molar-refractivity contribution < 1.29 is 13.2 Å². The molecule has 0 saturated heterocycles. The van der Waals surface area contributed by atoms with Gasteiger partial charge in [-0.15, -0.1) is 0 Å². The standard InChI is InChI=1S/C10H5ClF3N3/c11-8-3-15-4-9(16-8)17-10-6(13)1-5(12)2-7(10)14/h1-4H,(H,16,17). The van der Waals surface area contributed by atoms with E-state index in [0.717, 1.165) is 0 Å². The van der Waals surface area contributed by atoms with Crippen molar-refractivity contribution >= 4 is 23.1 Å². The first-order chi connectivity index (χ1) is 8.06. The first kappa shape index (κ1) is 11.7. The molecule has 0 aliphatic heterocycles. The largest absolute Gasteiger partial charge is 0.334 e. The van der Waals surface area contributed by atoms with Gasteiger partial charge in [-0.25, -0.2) is 18.2 Å². The van der Waals surface area contributed by atoms with Crippen LogP contribution in [0.5, 0.6) is 0 Å². The van der Waals surface area contributed by atoms with E-state index in [2.05, 4.69) is 15.3 Å². The number of hydrogen-bond donors (Lipinski definition) is 1. The Labute approximate surface area is 99.3 Å². The molecule has 0 amide bonds. The molecule has 1 aromatic carbocycles. The molecule has 1 heterocycles. The maximum atomic E-state index is 13.3. The predicted octanol–water partition coefficient (Wildman–Crippen LogP) is 3.29. The van der Waals surface area contributed by atoms with Gasteiger partial charge < -0.3 is 5.32 Å². The lowest BCUT2D eigenvalue weighted by atomic mass is 10.3. The van der Waals surface area contributed by atoms with E-state index in [1.165, 1.54) is 12.4 Å². The summed E-state index contributed by atoms with van der Waals surface area (Å²) in [6.45, 7) is 0. The van der Waals surface area contributed by atoms with Gasteiger partial charge in [0, 0.05) is 12.1 Å². The van der Waals surface area contributed by atoms with Crippen LogP contribution in [0, 0.1) is 17.5 Å². The molecule has 17 heavy (non-hydrogen) atoms. The van der Waals surface area contributed by atoms with Gasteiger partial charge in [0.1, 0.15) is 16.7 Å². The molecule has 2 aromatic rings. The monoisotopic (exact) mass is 259 g/mol. The zero-order chi connectivity index (χ0) is 12.4. The molecule has 1 aromatic heterocycles. The lowest BCUT2D eigenvalue weighted by Crippen LogP contribution is -2.00. The zero-order valence-corrected chi connectivity index (χ0v) is 8.97. The van der Waals surface area contributed by atoms with Gasteiger partial charge in [0.25, 0.3) is 0 Å². The summed E-state index contributed by atoms with van der Waals surface area (Å²) in [6.07, 6.45) is 2.50. The quantitative estimate of drug-likeness (QED) is 0.899. The smallest absolute Gasteiger partial charge is 0.152 e. The average molecular weight is 260 g/mol. The predicted molar refractivity (Wildman–Crippen MR) is 56.6 cm³/mol. The normalized spacial score (nSPS) is 10.4. The number of nitrogens with one attached hydrogen (secondary N) is 1. The third-order valence-corrected chi connectivity index (χ3v) is 2.05. The average Bonchev–Trinajstić information content (AvgIpc) is 2.23. The third kappa shape index (κ3) is 2.65. The van der Waals surface area contributed by atoms with E-state index in [1.807, 2.05) is 0 Å². The van der Waals surface area contributed by atoms with Crippen LogP contribution in [0.4, 0.5) is 24.7 Å². The Hall–Kier alpha value is -1.82. The van der Waals surface area contributed by atoms with Gasteiger partial charge in [0.2, 0.25) is 0 Å². The molecular formula is C10H5ClF3N3. The Morgan fingerprint density at radius 2 is 1.71 bits per heavy atom. The highest BCUT2D eigenvalue weighted by molar-refractivity contribution is 6.29. The number of nitrogens with zero attached hydrogens (tertiary/aromatic N) is 2. The Balaban J connectivity index is 2.36. The van der Waals surface area contributed by atoms with Crippen molar-refractivity contribution in [2.45, 2.75) is 0 Å². The van der Waals surface area contributed by atoms with Crippen LogP contribution in [-0.4, -0.2) is 9.97 Å². The highest BCUT2D eigenvalue weighted by atomic mass is 35.5. The zero-order valence-electron chi connectivity index (χ0n) is 8.22. The SMILES string of the molecule is Fc1cc(F)c(Nc2cncc(Cl)n2)c(F)c1.